The smallest absolute Gasteiger partial charge is 0.223 e. The van der Waals surface area contributed by atoms with Crippen LogP contribution in [0.15, 0.2) is 29.4 Å². The van der Waals surface area contributed by atoms with E-state index in [-0.39, 0.29) is 17.7 Å². The van der Waals surface area contributed by atoms with Gasteiger partial charge in [-0.15, -0.1) is 0 Å². The summed E-state index contributed by atoms with van der Waals surface area (Å²) in [6.45, 7) is 4.31. The van der Waals surface area contributed by atoms with E-state index in [2.05, 4.69) is 10.5 Å². The molecule has 0 spiro atoms. The van der Waals surface area contributed by atoms with Crippen LogP contribution in [-0.4, -0.2) is 17.0 Å². The maximum absolute atomic E-state index is 11.6. The Balaban J connectivity index is 2.66. The van der Waals surface area contributed by atoms with Gasteiger partial charge in [-0.05, 0) is 18.1 Å². The summed E-state index contributed by atoms with van der Waals surface area (Å²) in [7, 11) is 0. The minimum atomic E-state index is 0.0113. The zero-order valence-corrected chi connectivity index (χ0v) is 10.7. The number of nitrogens with two attached hydrogens (primary N) is 1. The van der Waals surface area contributed by atoms with Gasteiger partial charge in [-0.1, -0.05) is 37.2 Å². The molecule has 0 aliphatic rings. The first-order valence-electron chi connectivity index (χ1n) is 5.93. The van der Waals surface area contributed by atoms with Crippen molar-refractivity contribution in [2.24, 2.45) is 16.8 Å². The van der Waals surface area contributed by atoms with E-state index in [4.69, 9.17) is 10.9 Å². The Hall–Kier alpha value is -2.04. The SMILES string of the molecule is CCC(C)C(=O)NCc1cccc(C(N)=NO)c1. The van der Waals surface area contributed by atoms with Gasteiger partial charge in [0.15, 0.2) is 5.84 Å². The average molecular weight is 249 g/mol. The zero-order valence-electron chi connectivity index (χ0n) is 10.7. The quantitative estimate of drug-likeness (QED) is 0.319. The van der Waals surface area contributed by atoms with E-state index < -0.39 is 0 Å². The number of nitrogens with zero attached hydrogens (tertiary/aromatic N) is 1. The van der Waals surface area contributed by atoms with E-state index in [0.29, 0.717) is 12.1 Å². The highest BCUT2D eigenvalue weighted by atomic mass is 16.4. The van der Waals surface area contributed by atoms with E-state index >= 15 is 0 Å². The van der Waals surface area contributed by atoms with Crippen LogP contribution in [0.1, 0.15) is 31.4 Å². The maximum Gasteiger partial charge on any atom is 0.223 e. The fourth-order valence-electron chi connectivity index (χ4n) is 1.45. The summed E-state index contributed by atoms with van der Waals surface area (Å²) in [6, 6.07) is 7.21. The first-order chi connectivity index (χ1) is 8.58. The standard InChI is InChI=1S/C13H19N3O2/c1-3-9(2)13(17)15-8-10-5-4-6-11(7-10)12(14)16-18/h4-7,9,18H,3,8H2,1-2H3,(H2,14,16)(H,15,17). The lowest BCUT2D eigenvalue weighted by Gasteiger charge is -2.10. The number of oxime groups is 1. The van der Waals surface area contributed by atoms with E-state index in [0.717, 1.165) is 12.0 Å². The number of amidine groups is 1. The van der Waals surface area contributed by atoms with Crippen LogP contribution in [0.5, 0.6) is 0 Å². The second-order valence-electron chi connectivity index (χ2n) is 4.21. The third-order valence-electron chi connectivity index (χ3n) is 2.86. The molecule has 0 aliphatic carbocycles. The van der Waals surface area contributed by atoms with Crippen LogP contribution in [-0.2, 0) is 11.3 Å². The predicted molar refractivity (Wildman–Crippen MR) is 70.3 cm³/mol. The van der Waals surface area contributed by atoms with Crippen LogP contribution < -0.4 is 11.1 Å². The molecule has 0 fully saturated rings. The second-order valence-corrected chi connectivity index (χ2v) is 4.21. The van der Waals surface area contributed by atoms with Crippen molar-refractivity contribution >= 4 is 11.7 Å². The molecule has 98 valence electrons. The van der Waals surface area contributed by atoms with Gasteiger partial charge in [0.1, 0.15) is 0 Å². The molecular weight excluding hydrogens is 230 g/mol. The van der Waals surface area contributed by atoms with Gasteiger partial charge in [0.05, 0.1) is 0 Å². The largest absolute Gasteiger partial charge is 0.409 e. The minimum Gasteiger partial charge on any atom is -0.409 e. The van der Waals surface area contributed by atoms with Crippen molar-refractivity contribution in [2.75, 3.05) is 0 Å². The molecule has 0 saturated carbocycles. The van der Waals surface area contributed by atoms with Crippen molar-refractivity contribution in [3.8, 4) is 0 Å². The van der Waals surface area contributed by atoms with Gasteiger partial charge in [-0.2, -0.15) is 0 Å². The van der Waals surface area contributed by atoms with Crippen molar-refractivity contribution in [3.63, 3.8) is 0 Å². The molecule has 18 heavy (non-hydrogen) atoms. The van der Waals surface area contributed by atoms with E-state index in [1.807, 2.05) is 19.9 Å². The third-order valence-corrected chi connectivity index (χ3v) is 2.86. The van der Waals surface area contributed by atoms with Crippen molar-refractivity contribution in [2.45, 2.75) is 26.8 Å². The van der Waals surface area contributed by atoms with Gasteiger partial charge in [0.2, 0.25) is 5.91 Å². The first kappa shape index (κ1) is 14.0. The first-order valence-corrected chi connectivity index (χ1v) is 5.93. The van der Waals surface area contributed by atoms with E-state index in [1.54, 1.807) is 18.2 Å². The molecule has 1 unspecified atom stereocenters. The Labute approximate surface area is 107 Å². The molecule has 0 aliphatic heterocycles. The highest BCUT2D eigenvalue weighted by Gasteiger charge is 2.09. The maximum atomic E-state index is 11.6. The fraction of sp³-hybridized carbons (Fsp3) is 0.385. The molecule has 1 atom stereocenters. The van der Waals surface area contributed by atoms with Gasteiger partial charge in [0, 0.05) is 18.0 Å². The van der Waals surface area contributed by atoms with Crippen LogP contribution in [0, 0.1) is 5.92 Å². The van der Waals surface area contributed by atoms with Crippen molar-refractivity contribution < 1.29 is 10.0 Å². The molecule has 1 amide bonds. The molecule has 5 heteroatoms. The Morgan fingerprint density at radius 3 is 2.89 bits per heavy atom. The molecule has 1 aromatic carbocycles. The summed E-state index contributed by atoms with van der Waals surface area (Å²) in [6.07, 6.45) is 0.815. The molecule has 0 radical (unpaired) electrons. The van der Waals surface area contributed by atoms with Crippen molar-refractivity contribution in [1.82, 2.24) is 5.32 Å². The Morgan fingerprint density at radius 2 is 2.28 bits per heavy atom. The molecule has 0 bridgehead atoms. The van der Waals surface area contributed by atoms with Crippen LogP contribution >= 0.6 is 0 Å². The summed E-state index contributed by atoms with van der Waals surface area (Å²) in [5.41, 5.74) is 7.05. The molecule has 0 aromatic heterocycles. The number of amides is 1. The van der Waals surface area contributed by atoms with Crippen molar-refractivity contribution in [1.29, 1.82) is 0 Å². The molecule has 0 heterocycles. The lowest BCUT2D eigenvalue weighted by atomic mass is 10.1. The lowest BCUT2D eigenvalue weighted by molar-refractivity contribution is -0.124. The summed E-state index contributed by atoms with van der Waals surface area (Å²) >= 11 is 0. The molecule has 4 N–H and O–H groups in total. The lowest BCUT2D eigenvalue weighted by Crippen LogP contribution is -2.28. The Morgan fingerprint density at radius 1 is 1.56 bits per heavy atom. The number of hydrogen-bond donors (Lipinski definition) is 3. The number of hydrogen-bond acceptors (Lipinski definition) is 3. The number of carbonyl (C=O) groups excluding carboxylic acids is 1. The minimum absolute atomic E-state index is 0.0113. The molecule has 5 nitrogen and oxygen atoms in total. The van der Waals surface area contributed by atoms with Crippen LogP contribution in [0.25, 0.3) is 0 Å². The monoisotopic (exact) mass is 249 g/mol. The van der Waals surface area contributed by atoms with E-state index in [1.165, 1.54) is 0 Å². The van der Waals surface area contributed by atoms with E-state index in [9.17, 15) is 4.79 Å². The summed E-state index contributed by atoms with van der Waals surface area (Å²) in [5.74, 6) is 0.106. The summed E-state index contributed by atoms with van der Waals surface area (Å²) in [5, 5.41) is 14.4. The highest BCUT2D eigenvalue weighted by molar-refractivity contribution is 5.97. The van der Waals surface area contributed by atoms with Gasteiger partial charge in [-0.25, -0.2) is 0 Å². The number of carbonyl (C=O) groups is 1. The second kappa shape index (κ2) is 6.64. The molecular formula is C13H19N3O2. The highest BCUT2D eigenvalue weighted by Crippen LogP contribution is 2.06. The molecule has 1 aromatic rings. The zero-order chi connectivity index (χ0) is 13.5. The Kier molecular flexibility index (Phi) is 5.17. The average Bonchev–Trinajstić information content (AvgIpc) is 2.43. The van der Waals surface area contributed by atoms with Crippen LogP contribution in [0.4, 0.5) is 0 Å². The normalized spacial score (nSPS) is 13.1. The number of rotatable bonds is 5. The summed E-state index contributed by atoms with van der Waals surface area (Å²) < 4.78 is 0. The van der Waals surface area contributed by atoms with Crippen LogP contribution in [0.3, 0.4) is 0 Å². The topological polar surface area (TPSA) is 87.7 Å². The van der Waals surface area contributed by atoms with Gasteiger partial charge in [0.25, 0.3) is 0 Å². The molecule has 0 saturated heterocycles. The number of benzene rings is 1. The van der Waals surface area contributed by atoms with Gasteiger partial charge >= 0.3 is 0 Å². The third kappa shape index (κ3) is 3.76. The summed E-state index contributed by atoms with van der Waals surface area (Å²) in [4.78, 5) is 11.6. The predicted octanol–water partition coefficient (Wildman–Crippen LogP) is 1.44. The fourth-order valence-corrected chi connectivity index (χ4v) is 1.45. The van der Waals surface area contributed by atoms with Gasteiger partial charge in [-0.3, -0.25) is 4.79 Å². The number of nitrogens with one attached hydrogen (secondary N) is 1. The van der Waals surface area contributed by atoms with Crippen molar-refractivity contribution in [3.05, 3.63) is 35.4 Å². The van der Waals surface area contributed by atoms with Crippen LogP contribution in [0.2, 0.25) is 0 Å². The Bertz CT molecular complexity index is 444. The molecule has 1 rings (SSSR count). The van der Waals surface area contributed by atoms with Gasteiger partial charge < -0.3 is 16.3 Å².